The molecular weight excluding hydrogens is 647 g/mol. The maximum Gasteiger partial charge on any atom is 0.249 e. The number of rotatable bonds is 43. The lowest BCUT2D eigenvalue weighted by atomic mass is 9.99. The Morgan fingerprint density at radius 1 is 0.404 bits per heavy atom. The van der Waals surface area contributed by atoms with Crippen molar-refractivity contribution in [3.63, 3.8) is 0 Å². The highest BCUT2D eigenvalue weighted by atomic mass is 16.3. The van der Waals surface area contributed by atoms with Gasteiger partial charge >= 0.3 is 0 Å². The van der Waals surface area contributed by atoms with Gasteiger partial charge in [-0.1, -0.05) is 245 Å². The van der Waals surface area contributed by atoms with Gasteiger partial charge in [-0.25, -0.2) is 0 Å². The first-order chi connectivity index (χ1) is 25.5. The molecule has 0 radical (unpaired) electrons. The lowest BCUT2D eigenvalue weighted by Gasteiger charge is -2.27. The first-order valence-corrected chi connectivity index (χ1v) is 23.4. The van der Waals surface area contributed by atoms with Crippen LogP contribution in [0, 0.1) is 0 Å². The third-order valence-corrected chi connectivity index (χ3v) is 11.3. The van der Waals surface area contributed by atoms with Gasteiger partial charge in [0.2, 0.25) is 5.91 Å². The normalized spacial score (nSPS) is 14.0. The van der Waals surface area contributed by atoms with Crippen LogP contribution in [0.15, 0.2) is 0 Å². The van der Waals surface area contributed by atoms with Gasteiger partial charge < -0.3 is 25.7 Å². The molecule has 5 N–H and O–H groups in total. The summed E-state index contributed by atoms with van der Waals surface area (Å²) >= 11 is 0. The Labute approximate surface area is 324 Å². The highest BCUT2D eigenvalue weighted by molar-refractivity contribution is 5.80. The van der Waals surface area contributed by atoms with Crippen LogP contribution in [0.25, 0.3) is 0 Å². The average Bonchev–Trinajstić information content (AvgIpc) is 3.15. The van der Waals surface area contributed by atoms with Gasteiger partial charge in [-0.3, -0.25) is 4.79 Å². The van der Waals surface area contributed by atoms with Crippen LogP contribution in [0.1, 0.15) is 258 Å². The van der Waals surface area contributed by atoms with E-state index in [0.717, 1.165) is 38.5 Å². The minimum absolute atomic E-state index is 0.376. The Morgan fingerprint density at radius 2 is 0.654 bits per heavy atom. The summed E-state index contributed by atoms with van der Waals surface area (Å²) in [5.41, 5.74) is 0. The Hall–Kier alpha value is -0.690. The van der Waals surface area contributed by atoms with Gasteiger partial charge in [0.15, 0.2) is 0 Å². The van der Waals surface area contributed by atoms with E-state index in [1.807, 2.05) is 0 Å². The number of carbonyl (C=O) groups excluding carboxylic acids is 1. The summed E-state index contributed by atoms with van der Waals surface area (Å²) in [6.45, 7) is 4.05. The fourth-order valence-corrected chi connectivity index (χ4v) is 7.58. The molecule has 0 aromatic carbocycles. The number of unbranched alkanes of at least 4 members (excludes halogenated alkanes) is 34. The van der Waals surface area contributed by atoms with Crippen LogP contribution in [-0.4, -0.2) is 57.3 Å². The van der Waals surface area contributed by atoms with Crippen LogP contribution in [0.3, 0.4) is 0 Å². The molecule has 6 nitrogen and oxygen atoms in total. The van der Waals surface area contributed by atoms with Gasteiger partial charge in [-0.15, -0.1) is 0 Å². The molecule has 6 heteroatoms. The van der Waals surface area contributed by atoms with E-state index in [9.17, 15) is 25.2 Å². The summed E-state index contributed by atoms with van der Waals surface area (Å²) in [5, 5.41) is 43.6. The van der Waals surface area contributed by atoms with Gasteiger partial charge in [0.1, 0.15) is 12.2 Å². The summed E-state index contributed by atoms with van der Waals surface area (Å²) < 4.78 is 0. The van der Waals surface area contributed by atoms with Crippen LogP contribution in [0.2, 0.25) is 0 Å². The first-order valence-electron chi connectivity index (χ1n) is 23.4. The molecule has 0 fully saturated rings. The molecule has 4 unspecified atom stereocenters. The molecule has 0 aliphatic rings. The lowest BCUT2D eigenvalue weighted by molar-refractivity contribution is -0.132. The molecule has 0 aromatic rings. The Kier molecular flexibility index (Phi) is 40.9. The molecule has 0 bridgehead atoms. The number of carbonyl (C=O) groups is 1. The zero-order valence-corrected chi connectivity index (χ0v) is 35.1. The van der Waals surface area contributed by atoms with E-state index in [0.29, 0.717) is 12.8 Å². The van der Waals surface area contributed by atoms with Crippen LogP contribution >= 0.6 is 0 Å². The molecule has 0 saturated heterocycles. The highest BCUT2D eigenvalue weighted by Gasteiger charge is 2.28. The minimum atomic E-state index is -1.25. The van der Waals surface area contributed by atoms with Crippen LogP contribution in [0.5, 0.6) is 0 Å². The monoisotopic (exact) mass is 740 g/mol. The van der Waals surface area contributed by atoms with Crippen molar-refractivity contribution in [3.8, 4) is 0 Å². The predicted molar refractivity (Wildman–Crippen MR) is 224 cm³/mol. The second-order valence-corrected chi connectivity index (χ2v) is 16.5. The zero-order valence-electron chi connectivity index (χ0n) is 35.1. The Bertz CT molecular complexity index is 706. The molecule has 52 heavy (non-hydrogen) atoms. The van der Waals surface area contributed by atoms with E-state index in [1.54, 1.807) is 0 Å². The number of aliphatic hydroxyl groups is 4. The largest absolute Gasteiger partial charge is 0.394 e. The third-order valence-electron chi connectivity index (χ3n) is 11.3. The van der Waals surface area contributed by atoms with Crippen molar-refractivity contribution in [2.75, 3.05) is 6.61 Å². The standard InChI is InChI=1S/C46H93NO5/c1-3-5-7-9-11-13-15-16-17-18-19-20-21-22-23-24-25-26-27-28-29-30-32-34-36-38-40-44(50)46(52)47-42(41-48)45(51)43(49)39-37-35-33-31-14-12-10-8-6-4-2/h42-45,48-51H,3-41H2,1-2H3,(H,47,52). The predicted octanol–water partition coefficient (Wildman–Crippen LogP) is 12.4. The zero-order chi connectivity index (χ0) is 38.2. The van der Waals surface area contributed by atoms with Crippen molar-refractivity contribution in [1.29, 1.82) is 0 Å². The van der Waals surface area contributed by atoms with Gasteiger partial charge in [-0.05, 0) is 12.8 Å². The second kappa shape index (κ2) is 41.5. The first kappa shape index (κ1) is 51.3. The van der Waals surface area contributed by atoms with Crippen LogP contribution in [-0.2, 0) is 4.79 Å². The number of hydrogen-bond acceptors (Lipinski definition) is 5. The molecule has 4 atom stereocenters. The average molecular weight is 740 g/mol. The third kappa shape index (κ3) is 35.0. The maximum atomic E-state index is 12.5. The van der Waals surface area contributed by atoms with Gasteiger partial charge in [-0.2, -0.15) is 0 Å². The number of amides is 1. The van der Waals surface area contributed by atoms with Crippen molar-refractivity contribution in [2.45, 2.75) is 282 Å². The quantitative estimate of drug-likeness (QED) is 0.0400. The maximum absolute atomic E-state index is 12.5. The van der Waals surface area contributed by atoms with E-state index in [2.05, 4.69) is 19.2 Å². The molecule has 0 aliphatic heterocycles. The number of aliphatic hydroxyl groups excluding tert-OH is 4. The van der Waals surface area contributed by atoms with E-state index in [-0.39, 0.29) is 0 Å². The molecule has 0 rings (SSSR count). The smallest absolute Gasteiger partial charge is 0.249 e. The molecule has 0 spiro atoms. The fraction of sp³-hybridized carbons (Fsp3) is 0.978. The van der Waals surface area contributed by atoms with Gasteiger partial charge in [0, 0.05) is 0 Å². The Balaban J connectivity index is 3.57. The summed E-state index contributed by atoms with van der Waals surface area (Å²) in [5.74, 6) is -0.580. The Morgan fingerprint density at radius 3 is 0.923 bits per heavy atom. The van der Waals surface area contributed by atoms with E-state index in [4.69, 9.17) is 0 Å². The fourth-order valence-electron chi connectivity index (χ4n) is 7.58. The van der Waals surface area contributed by atoms with Crippen molar-refractivity contribution in [2.24, 2.45) is 0 Å². The van der Waals surface area contributed by atoms with Gasteiger partial charge in [0.05, 0.1) is 18.8 Å². The van der Waals surface area contributed by atoms with Crippen molar-refractivity contribution >= 4 is 5.91 Å². The summed E-state index contributed by atoms with van der Waals surface area (Å²) in [6, 6.07) is -0.978. The molecule has 0 aromatic heterocycles. The lowest BCUT2D eigenvalue weighted by Crippen LogP contribution is -2.53. The second-order valence-electron chi connectivity index (χ2n) is 16.5. The van der Waals surface area contributed by atoms with E-state index in [1.165, 1.54) is 193 Å². The molecule has 0 saturated carbocycles. The topological polar surface area (TPSA) is 110 Å². The van der Waals surface area contributed by atoms with E-state index < -0.39 is 36.9 Å². The van der Waals surface area contributed by atoms with Crippen molar-refractivity contribution in [1.82, 2.24) is 5.32 Å². The molecule has 0 heterocycles. The summed E-state index contributed by atoms with van der Waals surface area (Å²) in [6.07, 6.45) is 44.4. The molecule has 0 aliphatic carbocycles. The molecule has 1 amide bonds. The molecule has 312 valence electrons. The SMILES string of the molecule is CCCCCCCCCCCCCCCCCCCCCCCCCCCCC(O)C(=O)NC(CO)C(O)C(O)CCCCCCCCCCCC. The van der Waals surface area contributed by atoms with E-state index >= 15 is 0 Å². The summed E-state index contributed by atoms with van der Waals surface area (Å²) in [4.78, 5) is 12.5. The van der Waals surface area contributed by atoms with Crippen LogP contribution in [0.4, 0.5) is 0 Å². The highest BCUT2D eigenvalue weighted by Crippen LogP contribution is 2.17. The van der Waals surface area contributed by atoms with Crippen LogP contribution < -0.4 is 5.32 Å². The minimum Gasteiger partial charge on any atom is -0.394 e. The number of nitrogens with one attached hydrogen (secondary N) is 1. The summed E-state index contributed by atoms with van der Waals surface area (Å²) in [7, 11) is 0. The van der Waals surface area contributed by atoms with Crippen molar-refractivity contribution in [3.05, 3.63) is 0 Å². The van der Waals surface area contributed by atoms with Crippen molar-refractivity contribution < 1.29 is 25.2 Å². The van der Waals surface area contributed by atoms with Gasteiger partial charge in [0.25, 0.3) is 0 Å². The number of hydrogen-bond donors (Lipinski definition) is 5. The molecular formula is C46H93NO5.